The molecule has 0 radical (unpaired) electrons. The number of amides is 2. The molecular formula is C10H15N3O3S. The van der Waals surface area contributed by atoms with Crippen LogP contribution >= 0.6 is 11.3 Å². The van der Waals surface area contributed by atoms with E-state index in [0.717, 1.165) is 0 Å². The molecule has 1 aromatic heterocycles. The Morgan fingerprint density at radius 1 is 1.53 bits per heavy atom. The van der Waals surface area contributed by atoms with Gasteiger partial charge in [0, 0.05) is 11.4 Å². The van der Waals surface area contributed by atoms with Gasteiger partial charge in [0.15, 0.2) is 5.13 Å². The van der Waals surface area contributed by atoms with E-state index >= 15 is 0 Å². The van der Waals surface area contributed by atoms with Gasteiger partial charge in [0.1, 0.15) is 0 Å². The molecule has 1 rings (SSSR count). The number of hydrogen-bond donors (Lipinski definition) is 2. The number of anilines is 1. The molecule has 6 nitrogen and oxygen atoms in total. The summed E-state index contributed by atoms with van der Waals surface area (Å²) >= 11 is 1.25. The number of carbonyl (C=O) groups excluding carboxylic acids is 2. The summed E-state index contributed by atoms with van der Waals surface area (Å²) in [7, 11) is 1.28. The Morgan fingerprint density at radius 2 is 2.24 bits per heavy atom. The molecule has 0 aliphatic heterocycles. The van der Waals surface area contributed by atoms with E-state index in [2.05, 4.69) is 20.4 Å². The van der Waals surface area contributed by atoms with Crippen LogP contribution in [0, 0.1) is 0 Å². The molecule has 1 aromatic rings. The van der Waals surface area contributed by atoms with Gasteiger partial charge in [0.25, 0.3) is 0 Å². The van der Waals surface area contributed by atoms with Crippen LogP contribution in [0.25, 0.3) is 0 Å². The zero-order chi connectivity index (χ0) is 12.8. The SMILES string of the molecule is COC(=O)Nc1nc(CC(=O)NC(C)C)cs1. The van der Waals surface area contributed by atoms with E-state index < -0.39 is 6.09 Å². The first kappa shape index (κ1) is 13.4. The zero-order valence-electron chi connectivity index (χ0n) is 9.94. The van der Waals surface area contributed by atoms with Crippen molar-refractivity contribution in [1.82, 2.24) is 10.3 Å². The van der Waals surface area contributed by atoms with Crippen LogP contribution in [-0.2, 0) is 16.0 Å². The lowest BCUT2D eigenvalue weighted by Crippen LogP contribution is -2.31. The van der Waals surface area contributed by atoms with Crippen molar-refractivity contribution in [1.29, 1.82) is 0 Å². The molecule has 0 bridgehead atoms. The van der Waals surface area contributed by atoms with E-state index in [1.165, 1.54) is 18.4 Å². The molecule has 1 heterocycles. The second-order valence-corrected chi connectivity index (χ2v) is 4.52. The van der Waals surface area contributed by atoms with Crippen LogP contribution in [0.3, 0.4) is 0 Å². The molecule has 2 N–H and O–H groups in total. The number of carbonyl (C=O) groups is 2. The molecule has 0 atom stereocenters. The summed E-state index contributed by atoms with van der Waals surface area (Å²) < 4.78 is 4.43. The van der Waals surface area contributed by atoms with Crippen LogP contribution in [0.5, 0.6) is 0 Å². The fourth-order valence-electron chi connectivity index (χ4n) is 1.12. The topological polar surface area (TPSA) is 80.3 Å². The number of hydrogen-bond acceptors (Lipinski definition) is 5. The Morgan fingerprint density at radius 3 is 2.82 bits per heavy atom. The molecule has 0 saturated carbocycles. The predicted molar refractivity (Wildman–Crippen MR) is 65.1 cm³/mol. The van der Waals surface area contributed by atoms with Crippen molar-refractivity contribution in [2.75, 3.05) is 12.4 Å². The minimum absolute atomic E-state index is 0.0880. The highest BCUT2D eigenvalue weighted by Crippen LogP contribution is 2.15. The van der Waals surface area contributed by atoms with E-state index in [4.69, 9.17) is 0 Å². The van der Waals surface area contributed by atoms with Crippen LogP contribution in [-0.4, -0.2) is 30.1 Å². The Hall–Kier alpha value is -1.63. The molecule has 0 unspecified atom stereocenters. The van der Waals surface area contributed by atoms with Crippen molar-refractivity contribution < 1.29 is 14.3 Å². The number of aromatic nitrogens is 1. The van der Waals surface area contributed by atoms with E-state index in [-0.39, 0.29) is 18.4 Å². The average molecular weight is 257 g/mol. The third-order valence-corrected chi connectivity index (χ3v) is 2.54. The van der Waals surface area contributed by atoms with E-state index in [1.54, 1.807) is 5.38 Å². The quantitative estimate of drug-likeness (QED) is 0.854. The van der Waals surface area contributed by atoms with Crippen molar-refractivity contribution in [2.45, 2.75) is 26.3 Å². The van der Waals surface area contributed by atoms with Crippen molar-refractivity contribution in [3.63, 3.8) is 0 Å². The van der Waals surface area contributed by atoms with Crippen molar-refractivity contribution in [2.24, 2.45) is 0 Å². The molecule has 2 amide bonds. The predicted octanol–water partition coefficient (Wildman–Crippen LogP) is 1.39. The van der Waals surface area contributed by atoms with E-state index in [1.807, 2.05) is 13.8 Å². The van der Waals surface area contributed by atoms with Crippen LogP contribution in [0.1, 0.15) is 19.5 Å². The number of rotatable bonds is 4. The highest BCUT2D eigenvalue weighted by Gasteiger charge is 2.10. The van der Waals surface area contributed by atoms with Gasteiger partial charge in [-0.3, -0.25) is 10.1 Å². The Kier molecular flexibility index (Phi) is 4.89. The van der Waals surface area contributed by atoms with Crippen LogP contribution in [0.4, 0.5) is 9.93 Å². The first-order valence-electron chi connectivity index (χ1n) is 5.10. The van der Waals surface area contributed by atoms with Gasteiger partial charge in [-0.1, -0.05) is 0 Å². The zero-order valence-corrected chi connectivity index (χ0v) is 10.8. The fourth-order valence-corrected chi connectivity index (χ4v) is 1.82. The van der Waals surface area contributed by atoms with Gasteiger partial charge >= 0.3 is 6.09 Å². The molecule has 17 heavy (non-hydrogen) atoms. The van der Waals surface area contributed by atoms with Crippen molar-refractivity contribution in [3.05, 3.63) is 11.1 Å². The van der Waals surface area contributed by atoms with E-state index in [9.17, 15) is 9.59 Å². The van der Waals surface area contributed by atoms with Gasteiger partial charge in [0.05, 0.1) is 19.2 Å². The fraction of sp³-hybridized carbons (Fsp3) is 0.500. The summed E-state index contributed by atoms with van der Waals surface area (Å²) in [6, 6.07) is 0.105. The van der Waals surface area contributed by atoms with Crippen molar-refractivity contribution in [3.8, 4) is 0 Å². The summed E-state index contributed by atoms with van der Waals surface area (Å²) in [5, 5.41) is 7.35. The Bertz CT molecular complexity index is 403. The second kappa shape index (κ2) is 6.19. The largest absolute Gasteiger partial charge is 0.453 e. The first-order chi connectivity index (χ1) is 8.01. The van der Waals surface area contributed by atoms with Gasteiger partial charge in [-0.2, -0.15) is 0 Å². The summed E-state index contributed by atoms with van der Waals surface area (Å²) in [5.41, 5.74) is 0.625. The maximum Gasteiger partial charge on any atom is 0.413 e. The van der Waals surface area contributed by atoms with Gasteiger partial charge in [0.2, 0.25) is 5.91 Å². The minimum Gasteiger partial charge on any atom is -0.453 e. The maximum absolute atomic E-state index is 11.5. The lowest BCUT2D eigenvalue weighted by atomic mass is 10.3. The number of ether oxygens (including phenoxy) is 1. The van der Waals surface area contributed by atoms with Crippen LogP contribution in [0.15, 0.2) is 5.38 Å². The molecule has 0 fully saturated rings. The molecule has 0 spiro atoms. The summed E-state index contributed by atoms with van der Waals surface area (Å²) in [5.74, 6) is -0.0880. The molecule has 7 heteroatoms. The summed E-state index contributed by atoms with van der Waals surface area (Å²) in [6.07, 6.45) is -0.366. The molecule has 0 aliphatic carbocycles. The second-order valence-electron chi connectivity index (χ2n) is 3.66. The molecule has 0 aromatic carbocycles. The van der Waals surface area contributed by atoms with Crippen LogP contribution in [0.2, 0.25) is 0 Å². The third-order valence-electron chi connectivity index (χ3n) is 1.74. The van der Waals surface area contributed by atoms with E-state index in [0.29, 0.717) is 10.8 Å². The van der Waals surface area contributed by atoms with Crippen molar-refractivity contribution >= 4 is 28.5 Å². The smallest absolute Gasteiger partial charge is 0.413 e. The highest BCUT2D eigenvalue weighted by molar-refractivity contribution is 7.13. The number of nitrogens with one attached hydrogen (secondary N) is 2. The molecule has 94 valence electrons. The Balaban J connectivity index is 2.51. The number of nitrogens with zero attached hydrogens (tertiary/aromatic N) is 1. The van der Waals surface area contributed by atoms with Gasteiger partial charge in [-0.25, -0.2) is 9.78 Å². The normalized spacial score (nSPS) is 10.1. The third kappa shape index (κ3) is 4.81. The molecular weight excluding hydrogens is 242 g/mol. The van der Waals surface area contributed by atoms with Gasteiger partial charge in [-0.15, -0.1) is 11.3 Å². The lowest BCUT2D eigenvalue weighted by molar-refractivity contribution is -0.120. The minimum atomic E-state index is -0.572. The van der Waals surface area contributed by atoms with Gasteiger partial charge < -0.3 is 10.1 Å². The first-order valence-corrected chi connectivity index (χ1v) is 5.98. The average Bonchev–Trinajstić information content (AvgIpc) is 2.63. The molecule has 0 saturated heterocycles. The number of methoxy groups -OCH3 is 1. The lowest BCUT2D eigenvalue weighted by Gasteiger charge is -2.06. The standard InChI is InChI=1S/C10H15N3O3S/c1-6(2)11-8(14)4-7-5-17-9(12-7)13-10(15)16-3/h5-6H,4H2,1-3H3,(H,11,14)(H,12,13,15). The Labute approximate surface area is 103 Å². The molecule has 0 aliphatic rings. The summed E-state index contributed by atoms with van der Waals surface area (Å²) in [6.45, 7) is 3.78. The number of thiazole rings is 1. The monoisotopic (exact) mass is 257 g/mol. The highest BCUT2D eigenvalue weighted by atomic mass is 32.1. The maximum atomic E-state index is 11.5. The van der Waals surface area contributed by atoms with Crippen LogP contribution < -0.4 is 10.6 Å². The summed E-state index contributed by atoms with van der Waals surface area (Å²) in [4.78, 5) is 26.5. The van der Waals surface area contributed by atoms with Gasteiger partial charge in [-0.05, 0) is 13.8 Å².